The van der Waals surface area contributed by atoms with Gasteiger partial charge in [0, 0.05) is 30.9 Å². The fraction of sp³-hybridized carbons (Fsp3) is 0.538. The minimum Gasteiger partial charge on any atom is -0.330 e. The molecule has 90 valence electrons. The van der Waals surface area contributed by atoms with Crippen molar-refractivity contribution < 1.29 is 0 Å². The quantitative estimate of drug-likeness (QED) is 0.845. The van der Waals surface area contributed by atoms with E-state index in [1.54, 1.807) is 6.20 Å². The number of nitriles is 1. The van der Waals surface area contributed by atoms with Crippen LogP contribution in [0.25, 0.3) is 0 Å². The van der Waals surface area contributed by atoms with Gasteiger partial charge in [-0.15, -0.1) is 0 Å². The molecule has 1 aromatic rings. The third kappa shape index (κ3) is 2.63. The number of nitrogens with zero attached hydrogens (tertiary/aromatic N) is 3. The Balaban J connectivity index is 2.09. The molecular weight excluding hydrogens is 212 g/mol. The van der Waals surface area contributed by atoms with Crippen molar-refractivity contribution in [2.45, 2.75) is 25.9 Å². The SMILES string of the molecule is CC1CC(CN)CN1Cc1cccnc1C#N. The molecule has 2 rings (SSSR count). The molecule has 2 unspecified atom stereocenters. The average Bonchev–Trinajstić information content (AvgIpc) is 2.71. The third-order valence-corrected chi connectivity index (χ3v) is 3.49. The zero-order chi connectivity index (χ0) is 12.3. The summed E-state index contributed by atoms with van der Waals surface area (Å²) >= 11 is 0. The lowest BCUT2D eigenvalue weighted by Gasteiger charge is -2.21. The van der Waals surface area contributed by atoms with Gasteiger partial charge in [0.05, 0.1) is 0 Å². The summed E-state index contributed by atoms with van der Waals surface area (Å²) in [6.07, 6.45) is 2.82. The second-order valence-corrected chi connectivity index (χ2v) is 4.74. The molecular formula is C13H18N4. The predicted molar refractivity (Wildman–Crippen MR) is 66.0 cm³/mol. The number of likely N-dealkylation sites (tertiary alicyclic amines) is 1. The first-order valence-electron chi connectivity index (χ1n) is 6.02. The Labute approximate surface area is 102 Å². The maximum absolute atomic E-state index is 9.01. The fourth-order valence-corrected chi connectivity index (χ4v) is 2.49. The Morgan fingerprint density at radius 3 is 3.12 bits per heavy atom. The van der Waals surface area contributed by atoms with Crippen LogP contribution in [0.3, 0.4) is 0 Å². The van der Waals surface area contributed by atoms with Crippen LogP contribution in [0.1, 0.15) is 24.6 Å². The van der Waals surface area contributed by atoms with Crippen LogP contribution < -0.4 is 5.73 Å². The molecule has 2 heterocycles. The van der Waals surface area contributed by atoms with Gasteiger partial charge in [-0.2, -0.15) is 5.26 Å². The van der Waals surface area contributed by atoms with E-state index in [0.29, 0.717) is 17.7 Å². The van der Waals surface area contributed by atoms with E-state index in [2.05, 4.69) is 22.9 Å². The van der Waals surface area contributed by atoms with Crippen LogP contribution in [0, 0.1) is 17.2 Å². The van der Waals surface area contributed by atoms with E-state index in [-0.39, 0.29) is 0 Å². The lowest BCUT2D eigenvalue weighted by molar-refractivity contribution is 0.255. The summed E-state index contributed by atoms with van der Waals surface area (Å²) in [5, 5.41) is 9.01. The van der Waals surface area contributed by atoms with Crippen molar-refractivity contribution in [3.05, 3.63) is 29.6 Å². The number of hydrogen-bond acceptors (Lipinski definition) is 4. The highest BCUT2D eigenvalue weighted by Gasteiger charge is 2.28. The van der Waals surface area contributed by atoms with Gasteiger partial charge in [0.2, 0.25) is 0 Å². The average molecular weight is 230 g/mol. The number of hydrogen-bond donors (Lipinski definition) is 1. The first kappa shape index (κ1) is 12.0. The summed E-state index contributed by atoms with van der Waals surface area (Å²) < 4.78 is 0. The van der Waals surface area contributed by atoms with Crippen molar-refractivity contribution >= 4 is 0 Å². The van der Waals surface area contributed by atoms with Crippen LogP contribution in [-0.4, -0.2) is 29.0 Å². The standard InChI is InChI=1S/C13H18N4/c1-10-5-11(6-14)8-17(10)9-12-3-2-4-16-13(12)7-15/h2-4,10-11H,5-6,8-9,14H2,1H3. The molecule has 4 heteroatoms. The first-order chi connectivity index (χ1) is 8.24. The van der Waals surface area contributed by atoms with Gasteiger partial charge in [0.25, 0.3) is 0 Å². The molecule has 0 spiro atoms. The van der Waals surface area contributed by atoms with Crippen molar-refractivity contribution in [3.63, 3.8) is 0 Å². The van der Waals surface area contributed by atoms with Crippen molar-refractivity contribution in [1.29, 1.82) is 5.26 Å². The smallest absolute Gasteiger partial charge is 0.144 e. The number of nitrogens with two attached hydrogens (primary N) is 1. The highest BCUT2D eigenvalue weighted by atomic mass is 15.2. The van der Waals surface area contributed by atoms with Gasteiger partial charge in [0.1, 0.15) is 11.8 Å². The van der Waals surface area contributed by atoms with E-state index in [1.165, 1.54) is 0 Å². The summed E-state index contributed by atoms with van der Waals surface area (Å²) in [6, 6.07) is 6.55. The topological polar surface area (TPSA) is 65.9 Å². The van der Waals surface area contributed by atoms with Crippen LogP contribution in [0.4, 0.5) is 0 Å². The molecule has 0 aliphatic carbocycles. The summed E-state index contributed by atoms with van der Waals surface area (Å²) in [5.41, 5.74) is 7.27. The Bertz CT molecular complexity index is 424. The predicted octanol–water partition coefficient (Wildman–Crippen LogP) is 1.12. The van der Waals surface area contributed by atoms with Crippen LogP contribution in [0.2, 0.25) is 0 Å². The number of rotatable bonds is 3. The molecule has 0 radical (unpaired) electrons. The Kier molecular flexibility index (Phi) is 3.72. The molecule has 0 aromatic carbocycles. The van der Waals surface area contributed by atoms with Crippen LogP contribution in [0.5, 0.6) is 0 Å². The van der Waals surface area contributed by atoms with Gasteiger partial charge in [-0.05, 0) is 31.9 Å². The zero-order valence-corrected chi connectivity index (χ0v) is 10.1. The van der Waals surface area contributed by atoms with Crippen LogP contribution in [-0.2, 0) is 6.54 Å². The molecule has 1 aliphatic rings. The van der Waals surface area contributed by atoms with E-state index in [4.69, 9.17) is 11.0 Å². The van der Waals surface area contributed by atoms with Crippen molar-refractivity contribution in [2.24, 2.45) is 11.7 Å². The molecule has 2 N–H and O–H groups in total. The number of aromatic nitrogens is 1. The van der Waals surface area contributed by atoms with E-state index < -0.39 is 0 Å². The number of pyridine rings is 1. The molecule has 0 saturated carbocycles. The normalized spacial score (nSPS) is 24.8. The molecule has 1 aliphatic heterocycles. The van der Waals surface area contributed by atoms with Gasteiger partial charge in [-0.3, -0.25) is 4.90 Å². The Morgan fingerprint density at radius 1 is 1.65 bits per heavy atom. The van der Waals surface area contributed by atoms with Crippen molar-refractivity contribution in [3.8, 4) is 6.07 Å². The minimum absolute atomic E-state index is 0.537. The van der Waals surface area contributed by atoms with Gasteiger partial charge >= 0.3 is 0 Å². The van der Waals surface area contributed by atoms with E-state index in [0.717, 1.165) is 31.6 Å². The molecule has 4 nitrogen and oxygen atoms in total. The summed E-state index contributed by atoms with van der Waals surface area (Å²) in [4.78, 5) is 6.48. The molecule has 0 amide bonds. The maximum atomic E-state index is 9.01. The van der Waals surface area contributed by atoms with E-state index in [1.807, 2.05) is 12.1 Å². The van der Waals surface area contributed by atoms with Gasteiger partial charge in [-0.25, -0.2) is 4.98 Å². The lowest BCUT2D eigenvalue weighted by Crippen LogP contribution is -2.27. The summed E-state index contributed by atoms with van der Waals surface area (Å²) in [6.45, 7) is 4.79. The van der Waals surface area contributed by atoms with Crippen LogP contribution >= 0.6 is 0 Å². The van der Waals surface area contributed by atoms with Crippen molar-refractivity contribution in [2.75, 3.05) is 13.1 Å². The largest absolute Gasteiger partial charge is 0.330 e. The lowest BCUT2D eigenvalue weighted by atomic mass is 10.1. The zero-order valence-electron chi connectivity index (χ0n) is 10.1. The first-order valence-corrected chi connectivity index (χ1v) is 6.02. The van der Waals surface area contributed by atoms with Gasteiger partial charge in [-0.1, -0.05) is 6.07 Å². The monoisotopic (exact) mass is 230 g/mol. The van der Waals surface area contributed by atoms with Gasteiger partial charge in [0.15, 0.2) is 0 Å². The molecule has 1 aromatic heterocycles. The molecule has 17 heavy (non-hydrogen) atoms. The minimum atomic E-state index is 0.537. The fourth-order valence-electron chi connectivity index (χ4n) is 2.49. The summed E-state index contributed by atoms with van der Waals surface area (Å²) in [7, 11) is 0. The summed E-state index contributed by atoms with van der Waals surface area (Å²) in [5.74, 6) is 0.590. The van der Waals surface area contributed by atoms with Crippen molar-refractivity contribution in [1.82, 2.24) is 9.88 Å². The van der Waals surface area contributed by atoms with Crippen LogP contribution in [0.15, 0.2) is 18.3 Å². The second-order valence-electron chi connectivity index (χ2n) is 4.74. The Hall–Kier alpha value is -1.44. The molecule has 1 fully saturated rings. The highest BCUT2D eigenvalue weighted by Crippen LogP contribution is 2.24. The maximum Gasteiger partial charge on any atom is 0.144 e. The Morgan fingerprint density at radius 2 is 2.47 bits per heavy atom. The van der Waals surface area contributed by atoms with E-state index in [9.17, 15) is 0 Å². The molecule has 2 atom stereocenters. The van der Waals surface area contributed by atoms with Gasteiger partial charge < -0.3 is 5.73 Å². The molecule has 0 bridgehead atoms. The molecule has 1 saturated heterocycles. The van der Waals surface area contributed by atoms with E-state index >= 15 is 0 Å². The highest BCUT2D eigenvalue weighted by molar-refractivity contribution is 5.30. The third-order valence-electron chi connectivity index (χ3n) is 3.49. The second kappa shape index (κ2) is 5.26.